The molecular weight excluding hydrogens is 242 g/mol. The molecule has 5 nitrogen and oxygen atoms in total. The highest BCUT2D eigenvalue weighted by molar-refractivity contribution is 5.89. The first-order valence-corrected chi connectivity index (χ1v) is 6.35. The number of aryl methyl sites for hydroxylation is 1. The van der Waals surface area contributed by atoms with Gasteiger partial charge in [0.2, 0.25) is 0 Å². The zero-order valence-electron chi connectivity index (χ0n) is 10.5. The molecular formula is C14H15N3O2. The summed E-state index contributed by atoms with van der Waals surface area (Å²) in [5, 5.41) is 8.95. The van der Waals surface area contributed by atoms with Crippen molar-refractivity contribution in [3.8, 4) is 5.69 Å². The Labute approximate surface area is 110 Å². The van der Waals surface area contributed by atoms with E-state index in [1.165, 1.54) is 18.2 Å². The smallest absolute Gasteiger partial charge is 0.335 e. The van der Waals surface area contributed by atoms with Crippen molar-refractivity contribution >= 4 is 11.7 Å². The van der Waals surface area contributed by atoms with Gasteiger partial charge < -0.3 is 15.4 Å². The molecule has 0 saturated heterocycles. The summed E-state index contributed by atoms with van der Waals surface area (Å²) in [6.07, 6.45) is 6.12. The molecule has 0 fully saturated rings. The third-order valence-electron chi connectivity index (χ3n) is 3.56. The van der Waals surface area contributed by atoms with Gasteiger partial charge in [-0.1, -0.05) is 0 Å². The molecule has 0 spiro atoms. The molecule has 0 atom stereocenters. The van der Waals surface area contributed by atoms with Crippen LogP contribution in [0.1, 0.15) is 34.6 Å². The van der Waals surface area contributed by atoms with E-state index in [2.05, 4.69) is 4.98 Å². The average molecular weight is 257 g/mol. The van der Waals surface area contributed by atoms with E-state index in [4.69, 9.17) is 10.8 Å². The fraction of sp³-hybridized carbons (Fsp3) is 0.286. The van der Waals surface area contributed by atoms with Crippen molar-refractivity contribution in [1.29, 1.82) is 0 Å². The van der Waals surface area contributed by atoms with Crippen LogP contribution in [0.15, 0.2) is 24.5 Å². The molecule has 3 rings (SSSR count). The number of nitrogens with zero attached hydrogens (tertiary/aromatic N) is 2. The van der Waals surface area contributed by atoms with Crippen molar-refractivity contribution in [2.24, 2.45) is 0 Å². The van der Waals surface area contributed by atoms with Gasteiger partial charge >= 0.3 is 5.97 Å². The summed E-state index contributed by atoms with van der Waals surface area (Å²) >= 11 is 0. The highest BCUT2D eigenvalue weighted by Gasteiger charge is 2.17. The molecule has 1 aromatic carbocycles. The van der Waals surface area contributed by atoms with Gasteiger partial charge in [0.1, 0.15) is 0 Å². The van der Waals surface area contributed by atoms with Gasteiger partial charge in [-0.3, -0.25) is 0 Å². The lowest BCUT2D eigenvalue weighted by molar-refractivity contribution is 0.0697. The summed E-state index contributed by atoms with van der Waals surface area (Å²) in [7, 11) is 0. The van der Waals surface area contributed by atoms with E-state index in [-0.39, 0.29) is 5.56 Å². The van der Waals surface area contributed by atoms with Gasteiger partial charge in [0.15, 0.2) is 0 Å². The molecule has 2 aromatic rings. The quantitative estimate of drug-likeness (QED) is 0.806. The Morgan fingerprint density at radius 3 is 2.84 bits per heavy atom. The maximum atomic E-state index is 10.9. The second-order valence-electron chi connectivity index (χ2n) is 4.79. The number of carbonyl (C=O) groups is 1. The lowest BCUT2D eigenvalue weighted by Crippen LogP contribution is -2.09. The van der Waals surface area contributed by atoms with Gasteiger partial charge in [0.25, 0.3) is 0 Å². The third-order valence-corrected chi connectivity index (χ3v) is 3.56. The minimum atomic E-state index is -0.967. The van der Waals surface area contributed by atoms with Crippen LogP contribution in [0, 0.1) is 0 Å². The number of benzene rings is 1. The first kappa shape index (κ1) is 11.8. The van der Waals surface area contributed by atoms with Gasteiger partial charge in [0, 0.05) is 5.69 Å². The van der Waals surface area contributed by atoms with Crippen LogP contribution in [0.25, 0.3) is 5.69 Å². The maximum Gasteiger partial charge on any atom is 0.335 e. The number of anilines is 1. The second-order valence-corrected chi connectivity index (χ2v) is 4.79. The monoisotopic (exact) mass is 257 g/mol. The SMILES string of the molecule is Nc1cc(C(=O)O)ccc1-n1cnc2c1CCCC2. The average Bonchev–Trinajstić information content (AvgIpc) is 2.82. The lowest BCUT2D eigenvalue weighted by atomic mass is 10.0. The zero-order chi connectivity index (χ0) is 13.4. The summed E-state index contributed by atoms with van der Waals surface area (Å²) in [6.45, 7) is 0. The molecule has 0 amide bonds. The van der Waals surface area contributed by atoms with Crippen LogP contribution in [0.5, 0.6) is 0 Å². The van der Waals surface area contributed by atoms with Crippen molar-refractivity contribution in [2.45, 2.75) is 25.7 Å². The summed E-state index contributed by atoms with van der Waals surface area (Å²) < 4.78 is 1.98. The molecule has 3 N–H and O–H groups in total. The summed E-state index contributed by atoms with van der Waals surface area (Å²) in [5.41, 5.74) is 9.77. The number of aromatic carboxylic acids is 1. The number of hydrogen-bond donors (Lipinski definition) is 2. The van der Waals surface area contributed by atoms with Crippen LogP contribution in [-0.4, -0.2) is 20.6 Å². The van der Waals surface area contributed by atoms with Crippen LogP contribution >= 0.6 is 0 Å². The van der Waals surface area contributed by atoms with Gasteiger partial charge in [-0.15, -0.1) is 0 Å². The van der Waals surface area contributed by atoms with Crippen LogP contribution in [0.3, 0.4) is 0 Å². The number of nitrogen functional groups attached to an aromatic ring is 1. The summed E-state index contributed by atoms with van der Waals surface area (Å²) in [4.78, 5) is 15.3. The highest BCUT2D eigenvalue weighted by Crippen LogP contribution is 2.26. The van der Waals surface area contributed by atoms with Crippen molar-refractivity contribution in [1.82, 2.24) is 9.55 Å². The minimum absolute atomic E-state index is 0.204. The van der Waals surface area contributed by atoms with E-state index < -0.39 is 5.97 Å². The molecule has 0 bridgehead atoms. The van der Waals surface area contributed by atoms with Crippen LogP contribution in [-0.2, 0) is 12.8 Å². The fourth-order valence-corrected chi connectivity index (χ4v) is 2.58. The molecule has 0 aliphatic heterocycles. The summed E-state index contributed by atoms with van der Waals surface area (Å²) in [6, 6.07) is 4.81. The predicted octanol–water partition coefficient (Wildman–Crippen LogP) is 2.03. The predicted molar refractivity (Wildman–Crippen MR) is 71.6 cm³/mol. The van der Waals surface area contributed by atoms with E-state index in [1.807, 2.05) is 4.57 Å². The Morgan fingerprint density at radius 1 is 1.32 bits per heavy atom. The third kappa shape index (κ3) is 1.97. The van der Waals surface area contributed by atoms with E-state index in [1.54, 1.807) is 18.5 Å². The number of fused-ring (bicyclic) bond motifs is 1. The molecule has 5 heteroatoms. The largest absolute Gasteiger partial charge is 0.478 e. The van der Waals surface area contributed by atoms with Gasteiger partial charge in [0.05, 0.1) is 29.0 Å². The van der Waals surface area contributed by atoms with E-state index in [9.17, 15) is 4.79 Å². The normalized spacial score (nSPS) is 14.1. The molecule has 0 radical (unpaired) electrons. The van der Waals surface area contributed by atoms with E-state index in [0.717, 1.165) is 30.6 Å². The molecule has 0 saturated carbocycles. The topological polar surface area (TPSA) is 81.1 Å². The molecule has 1 aliphatic rings. The Bertz CT molecular complexity index is 646. The van der Waals surface area contributed by atoms with Gasteiger partial charge in [-0.2, -0.15) is 0 Å². The number of nitrogens with two attached hydrogens (primary N) is 1. The van der Waals surface area contributed by atoms with Crippen LogP contribution in [0.4, 0.5) is 5.69 Å². The van der Waals surface area contributed by atoms with Gasteiger partial charge in [-0.25, -0.2) is 9.78 Å². The lowest BCUT2D eigenvalue weighted by Gasteiger charge is -2.15. The molecule has 1 aliphatic carbocycles. The van der Waals surface area contributed by atoms with Gasteiger partial charge in [-0.05, 0) is 43.9 Å². The standard InChI is InChI=1S/C14H15N3O2/c15-10-7-9(14(18)19)5-6-12(10)17-8-16-11-3-1-2-4-13(11)17/h5-8H,1-4,15H2,(H,18,19). The van der Waals surface area contributed by atoms with Crippen molar-refractivity contribution < 1.29 is 9.90 Å². The Balaban J connectivity index is 2.07. The van der Waals surface area contributed by atoms with Crippen LogP contribution < -0.4 is 5.73 Å². The Kier molecular flexibility index (Phi) is 2.74. The number of carboxylic acids is 1. The Hall–Kier alpha value is -2.30. The molecule has 19 heavy (non-hydrogen) atoms. The molecule has 98 valence electrons. The van der Waals surface area contributed by atoms with E-state index in [0.29, 0.717) is 5.69 Å². The molecule has 1 heterocycles. The second kappa shape index (κ2) is 4.42. The fourth-order valence-electron chi connectivity index (χ4n) is 2.58. The zero-order valence-corrected chi connectivity index (χ0v) is 10.5. The number of rotatable bonds is 2. The van der Waals surface area contributed by atoms with Crippen LogP contribution in [0.2, 0.25) is 0 Å². The van der Waals surface area contributed by atoms with Crippen molar-refractivity contribution in [3.63, 3.8) is 0 Å². The minimum Gasteiger partial charge on any atom is -0.478 e. The molecule has 0 unspecified atom stereocenters. The van der Waals surface area contributed by atoms with Crippen molar-refractivity contribution in [3.05, 3.63) is 41.5 Å². The number of carboxylic acid groups (broad SMARTS) is 1. The number of aromatic nitrogens is 2. The Morgan fingerprint density at radius 2 is 2.11 bits per heavy atom. The first-order valence-electron chi connectivity index (χ1n) is 6.35. The number of imidazole rings is 1. The number of hydrogen-bond acceptors (Lipinski definition) is 3. The molecule has 1 aromatic heterocycles. The first-order chi connectivity index (χ1) is 9.16. The summed E-state index contributed by atoms with van der Waals surface area (Å²) in [5.74, 6) is -0.967. The maximum absolute atomic E-state index is 10.9. The van der Waals surface area contributed by atoms with E-state index >= 15 is 0 Å². The van der Waals surface area contributed by atoms with Crippen molar-refractivity contribution in [2.75, 3.05) is 5.73 Å². The highest BCUT2D eigenvalue weighted by atomic mass is 16.4.